The van der Waals surface area contributed by atoms with E-state index in [-0.39, 0.29) is 11.8 Å². The van der Waals surface area contributed by atoms with Gasteiger partial charge in [0.25, 0.3) is 11.8 Å². The highest BCUT2D eigenvalue weighted by Crippen LogP contribution is 2.16. The van der Waals surface area contributed by atoms with E-state index in [4.69, 9.17) is 5.73 Å². The van der Waals surface area contributed by atoms with Crippen molar-refractivity contribution in [1.82, 2.24) is 5.32 Å². The van der Waals surface area contributed by atoms with Crippen LogP contribution in [-0.2, 0) is 6.54 Å². The highest BCUT2D eigenvalue weighted by Gasteiger charge is 2.14. The summed E-state index contributed by atoms with van der Waals surface area (Å²) in [6.07, 6.45) is 0. The molecule has 2 rings (SSSR count). The van der Waals surface area contributed by atoms with Crippen molar-refractivity contribution < 1.29 is 9.59 Å². The van der Waals surface area contributed by atoms with Crippen molar-refractivity contribution in [1.29, 1.82) is 0 Å². The van der Waals surface area contributed by atoms with E-state index in [1.54, 1.807) is 36.4 Å². The van der Waals surface area contributed by atoms with E-state index < -0.39 is 0 Å². The Hall–Kier alpha value is -2.66. The fraction of sp³-hybridized carbons (Fsp3) is 0.263. The minimum Gasteiger partial charge on any atom is -0.352 e. The number of carbonyl (C=O) groups is 2. The molecule has 126 valence electrons. The van der Waals surface area contributed by atoms with Gasteiger partial charge in [-0.1, -0.05) is 38.1 Å². The standard InChI is InChI=1S/C19H23N3O2/c1-13(2)12-21-19(24)16-5-3-4-6-17(16)22-18(23)15-9-7-14(11-20)8-10-15/h3-10,13H,11-12,20H2,1-2H3,(H,21,24)(H,22,23). The summed E-state index contributed by atoms with van der Waals surface area (Å²) in [5.74, 6) is -0.0995. The summed E-state index contributed by atoms with van der Waals surface area (Å²) in [4.78, 5) is 24.7. The van der Waals surface area contributed by atoms with Crippen molar-refractivity contribution in [2.24, 2.45) is 11.7 Å². The number of rotatable bonds is 6. The molecule has 24 heavy (non-hydrogen) atoms. The molecule has 0 saturated carbocycles. The third kappa shape index (κ3) is 4.67. The average molecular weight is 325 g/mol. The van der Waals surface area contributed by atoms with Crippen LogP contribution in [0.15, 0.2) is 48.5 Å². The number of benzene rings is 2. The predicted octanol–water partition coefficient (Wildman–Crippen LogP) is 2.78. The Kier molecular flexibility index (Phi) is 6.09. The SMILES string of the molecule is CC(C)CNC(=O)c1ccccc1NC(=O)c1ccc(CN)cc1. The molecule has 0 heterocycles. The van der Waals surface area contributed by atoms with E-state index in [0.717, 1.165) is 5.56 Å². The molecule has 0 aliphatic heterocycles. The Morgan fingerprint density at radius 2 is 1.67 bits per heavy atom. The average Bonchev–Trinajstić information content (AvgIpc) is 2.60. The van der Waals surface area contributed by atoms with Crippen LogP contribution >= 0.6 is 0 Å². The summed E-state index contributed by atoms with van der Waals surface area (Å²) in [5.41, 5.74) is 7.98. The molecule has 0 spiro atoms. The highest BCUT2D eigenvalue weighted by molar-refractivity contribution is 6.09. The lowest BCUT2D eigenvalue weighted by atomic mass is 10.1. The van der Waals surface area contributed by atoms with Gasteiger partial charge in [-0.25, -0.2) is 0 Å². The Morgan fingerprint density at radius 3 is 2.29 bits per heavy atom. The monoisotopic (exact) mass is 325 g/mol. The number of hydrogen-bond acceptors (Lipinski definition) is 3. The van der Waals surface area contributed by atoms with E-state index in [9.17, 15) is 9.59 Å². The van der Waals surface area contributed by atoms with Gasteiger partial charge in [0.15, 0.2) is 0 Å². The topological polar surface area (TPSA) is 84.2 Å². The molecule has 2 aromatic carbocycles. The molecule has 0 atom stereocenters. The zero-order valence-electron chi connectivity index (χ0n) is 14.0. The maximum atomic E-state index is 12.4. The van der Waals surface area contributed by atoms with Crippen LogP contribution in [0.2, 0.25) is 0 Å². The van der Waals surface area contributed by atoms with Crippen molar-refractivity contribution in [3.8, 4) is 0 Å². The largest absolute Gasteiger partial charge is 0.352 e. The fourth-order valence-corrected chi connectivity index (χ4v) is 2.17. The van der Waals surface area contributed by atoms with Crippen LogP contribution < -0.4 is 16.4 Å². The van der Waals surface area contributed by atoms with Gasteiger partial charge >= 0.3 is 0 Å². The van der Waals surface area contributed by atoms with Gasteiger partial charge in [0.2, 0.25) is 0 Å². The first-order valence-corrected chi connectivity index (χ1v) is 7.99. The molecule has 0 fully saturated rings. The van der Waals surface area contributed by atoms with Crippen molar-refractivity contribution in [3.63, 3.8) is 0 Å². The third-order valence-electron chi connectivity index (χ3n) is 3.54. The number of para-hydroxylation sites is 1. The summed E-state index contributed by atoms with van der Waals surface area (Å²) < 4.78 is 0. The molecule has 2 amide bonds. The molecule has 0 bridgehead atoms. The van der Waals surface area contributed by atoms with Gasteiger partial charge < -0.3 is 16.4 Å². The van der Waals surface area contributed by atoms with Gasteiger partial charge in [0, 0.05) is 18.7 Å². The smallest absolute Gasteiger partial charge is 0.255 e. The van der Waals surface area contributed by atoms with Crippen LogP contribution in [0.3, 0.4) is 0 Å². The predicted molar refractivity (Wildman–Crippen MR) is 95.9 cm³/mol. The van der Waals surface area contributed by atoms with Gasteiger partial charge in [-0.2, -0.15) is 0 Å². The summed E-state index contributed by atoms with van der Waals surface area (Å²) in [7, 11) is 0. The second-order valence-electron chi connectivity index (χ2n) is 6.00. The number of anilines is 1. The van der Waals surface area contributed by atoms with Crippen LogP contribution in [0, 0.1) is 5.92 Å². The Bertz CT molecular complexity index is 709. The summed E-state index contributed by atoms with van der Waals surface area (Å²) >= 11 is 0. The number of amides is 2. The maximum Gasteiger partial charge on any atom is 0.255 e. The molecule has 0 saturated heterocycles. The Morgan fingerprint density at radius 1 is 1.00 bits per heavy atom. The number of nitrogens with two attached hydrogens (primary N) is 1. The molecular formula is C19H23N3O2. The minimum atomic E-state index is -0.261. The zero-order chi connectivity index (χ0) is 17.5. The van der Waals surface area contributed by atoms with Gasteiger partial charge in [-0.3, -0.25) is 9.59 Å². The summed E-state index contributed by atoms with van der Waals surface area (Å²) in [5, 5.41) is 5.66. The van der Waals surface area contributed by atoms with E-state index >= 15 is 0 Å². The van der Waals surface area contributed by atoms with Gasteiger partial charge in [-0.15, -0.1) is 0 Å². The molecule has 5 nitrogen and oxygen atoms in total. The normalized spacial score (nSPS) is 10.5. The molecule has 0 aliphatic carbocycles. The first kappa shape index (κ1) is 17.7. The molecule has 4 N–H and O–H groups in total. The van der Waals surface area contributed by atoms with E-state index in [1.165, 1.54) is 0 Å². The second-order valence-corrected chi connectivity index (χ2v) is 6.00. The van der Waals surface area contributed by atoms with E-state index in [1.807, 2.05) is 26.0 Å². The van der Waals surface area contributed by atoms with Crippen molar-refractivity contribution >= 4 is 17.5 Å². The first-order valence-electron chi connectivity index (χ1n) is 7.99. The molecule has 2 aromatic rings. The summed E-state index contributed by atoms with van der Waals surface area (Å²) in [6.45, 7) is 5.07. The van der Waals surface area contributed by atoms with Crippen LogP contribution in [0.4, 0.5) is 5.69 Å². The third-order valence-corrected chi connectivity index (χ3v) is 3.54. The molecule has 0 unspecified atom stereocenters. The van der Waals surface area contributed by atoms with E-state index in [0.29, 0.717) is 35.8 Å². The Labute approximate surface area is 142 Å². The molecule has 5 heteroatoms. The lowest BCUT2D eigenvalue weighted by Crippen LogP contribution is -2.28. The molecule has 0 aliphatic rings. The molecule has 0 radical (unpaired) electrons. The lowest BCUT2D eigenvalue weighted by Gasteiger charge is -2.12. The van der Waals surface area contributed by atoms with Crippen LogP contribution in [-0.4, -0.2) is 18.4 Å². The Balaban J connectivity index is 2.14. The van der Waals surface area contributed by atoms with Crippen molar-refractivity contribution in [3.05, 3.63) is 65.2 Å². The van der Waals surface area contributed by atoms with Gasteiger partial charge in [0.1, 0.15) is 0 Å². The fourth-order valence-electron chi connectivity index (χ4n) is 2.17. The number of hydrogen-bond donors (Lipinski definition) is 3. The quantitative estimate of drug-likeness (QED) is 0.763. The maximum absolute atomic E-state index is 12.4. The van der Waals surface area contributed by atoms with E-state index in [2.05, 4.69) is 10.6 Å². The number of carbonyl (C=O) groups excluding carboxylic acids is 2. The minimum absolute atomic E-state index is 0.196. The number of nitrogens with one attached hydrogen (secondary N) is 2. The molecular weight excluding hydrogens is 302 g/mol. The summed E-state index contributed by atoms with van der Waals surface area (Å²) in [6, 6.07) is 14.0. The van der Waals surface area contributed by atoms with Crippen LogP contribution in [0.1, 0.15) is 40.1 Å². The van der Waals surface area contributed by atoms with Crippen molar-refractivity contribution in [2.75, 3.05) is 11.9 Å². The van der Waals surface area contributed by atoms with Crippen LogP contribution in [0.25, 0.3) is 0 Å². The first-order chi connectivity index (χ1) is 11.5. The second kappa shape index (κ2) is 8.26. The lowest BCUT2D eigenvalue weighted by molar-refractivity contribution is 0.0950. The molecule has 0 aromatic heterocycles. The van der Waals surface area contributed by atoms with Crippen molar-refractivity contribution in [2.45, 2.75) is 20.4 Å². The van der Waals surface area contributed by atoms with Crippen LogP contribution in [0.5, 0.6) is 0 Å². The highest BCUT2D eigenvalue weighted by atomic mass is 16.2. The van der Waals surface area contributed by atoms with Gasteiger partial charge in [-0.05, 0) is 35.7 Å². The van der Waals surface area contributed by atoms with Gasteiger partial charge in [0.05, 0.1) is 11.3 Å². The zero-order valence-corrected chi connectivity index (χ0v) is 14.0.